The predicted molar refractivity (Wildman–Crippen MR) is 113 cm³/mol. The van der Waals surface area contributed by atoms with E-state index in [0.717, 1.165) is 12.8 Å². The van der Waals surface area contributed by atoms with E-state index in [-0.39, 0.29) is 36.4 Å². The van der Waals surface area contributed by atoms with Gasteiger partial charge in [0.25, 0.3) is 0 Å². The predicted octanol–water partition coefficient (Wildman–Crippen LogP) is 5.33. The lowest BCUT2D eigenvalue weighted by atomic mass is 9.85. The van der Waals surface area contributed by atoms with E-state index < -0.39 is 0 Å². The molecule has 0 N–H and O–H groups in total. The molecular formula is C23H44O5. The molecule has 1 rings (SSSR count). The van der Waals surface area contributed by atoms with Gasteiger partial charge in [-0.2, -0.15) is 0 Å². The minimum atomic E-state index is -0.311. The van der Waals surface area contributed by atoms with Crippen molar-refractivity contribution in [3.05, 3.63) is 12.3 Å². The SMILES string of the molecule is C/C=C\O[C@H]1OC(COC)[C@@H](C)C(OCC[C@@H](CCCCCCC)OC)[C@H]1C. The fourth-order valence-corrected chi connectivity index (χ4v) is 3.93. The third-order valence-corrected chi connectivity index (χ3v) is 5.75. The second-order valence-corrected chi connectivity index (χ2v) is 8.01. The molecule has 1 fully saturated rings. The molecule has 5 nitrogen and oxygen atoms in total. The molecule has 5 heteroatoms. The van der Waals surface area contributed by atoms with E-state index >= 15 is 0 Å². The van der Waals surface area contributed by atoms with Crippen LogP contribution in [-0.4, -0.2) is 52.0 Å². The van der Waals surface area contributed by atoms with Gasteiger partial charge >= 0.3 is 0 Å². The normalized spacial score (nSPS) is 29.3. The van der Waals surface area contributed by atoms with Crippen molar-refractivity contribution in [3.63, 3.8) is 0 Å². The maximum absolute atomic E-state index is 6.35. The highest BCUT2D eigenvalue weighted by molar-refractivity contribution is 4.87. The number of methoxy groups -OCH3 is 2. The molecule has 1 heterocycles. The van der Waals surface area contributed by atoms with Gasteiger partial charge < -0.3 is 23.7 Å². The number of hydrogen-bond donors (Lipinski definition) is 0. The van der Waals surface area contributed by atoms with Crippen molar-refractivity contribution in [2.75, 3.05) is 27.4 Å². The Morgan fingerprint density at radius 3 is 2.39 bits per heavy atom. The summed E-state index contributed by atoms with van der Waals surface area (Å²) >= 11 is 0. The molecule has 0 saturated carbocycles. The Hall–Kier alpha value is -0.620. The molecule has 0 aliphatic carbocycles. The topological polar surface area (TPSA) is 46.2 Å². The molecular weight excluding hydrogens is 356 g/mol. The summed E-state index contributed by atoms with van der Waals surface area (Å²) in [6.07, 6.45) is 12.1. The van der Waals surface area contributed by atoms with Gasteiger partial charge in [-0.1, -0.05) is 59.0 Å². The fraction of sp³-hybridized carbons (Fsp3) is 0.913. The number of unbranched alkanes of at least 4 members (excludes halogenated alkanes) is 4. The molecule has 0 bridgehead atoms. The summed E-state index contributed by atoms with van der Waals surface area (Å²) < 4.78 is 29.3. The molecule has 0 aromatic rings. The summed E-state index contributed by atoms with van der Waals surface area (Å²) in [4.78, 5) is 0. The molecule has 0 spiro atoms. The van der Waals surface area contributed by atoms with Crippen LogP contribution in [0.4, 0.5) is 0 Å². The van der Waals surface area contributed by atoms with Gasteiger partial charge in [0.2, 0.25) is 6.29 Å². The van der Waals surface area contributed by atoms with Crippen LogP contribution < -0.4 is 0 Å². The number of rotatable bonds is 15. The van der Waals surface area contributed by atoms with Crippen LogP contribution in [0, 0.1) is 11.8 Å². The van der Waals surface area contributed by atoms with Crippen LogP contribution >= 0.6 is 0 Å². The third-order valence-electron chi connectivity index (χ3n) is 5.75. The molecule has 0 radical (unpaired) electrons. The number of hydrogen-bond acceptors (Lipinski definition) is 5. The van der Waals surface area contributed by atoms with Crippen LogP contribution in [0.25, 0.3) is 0 Å². The van der Waals surface area contributed by atoms with Gasteiger partial charge in [0.15, 0.2) is 0 Å². The highest BCUT2D eigenvalue weighted by atomic mass is 16.7. The van der Waals surface area contributed by atoms with E-state index in [9.17, 15) is 0 Å². The first-order valence-electron chi connectivity index (χ1n) is 11.1. The highest BCUT2D eigenvalue weighted by Gasteiger charge is 2.43. The fourth-order valence-electron chi connectivity index (χ4n) is 3.93. The zero-order chi connectivity index (χ0) is 20.8. The van der Waals surface area contributed by atoms with Crippen molar-refractivity contribution in [2.24, 2.45) is 11.8 Å². The van der Waals surface area contributed by atoms with E-state index in [2.05, 4.69) is 20.8 Å². The van der Waals surface area contributed by atoms with Crippen molar-refractivity contribution < 1.29 is 23.7 Å². The third kappa shape index (κ3) is 8.81. The lowest BCUT2D eigenvalue weighted by Crippen LogP contribution is -2.52. The Bertz CT molecular complexity index is 400. The Morgan fingerprint density at radius 2 is 1.75 bits per heavy atom. The molecule has 6 atom stereocenters. The van der Waals surface area contributed by atoms with Gasteiger partial charge in [-0.15, -0.1) is 0 Å². The summed E-state index contributed by atoms with van der Waals surface area (Å²) in [5, 5.41) is 0. The number of ether oxygens (including phenoxy) is 5. The summed E-state index contributed by atoms with van der Waals surface area (Å²) in [5.74, 6) is 0.393. The number of allylic oxidation sites excluding steroid dienone is 1. The van der Waals surface area contributed by atoms with Crippen LogP contribution in [0.15, 0.2) is 12.3 Å². The van der Waals surface area contributed by atoms with Crippen molar-refractivity contribution in [1.29, 1.82) is 0 Å². The first kappa shape index (κ1) is 25.4. The van der Waals surface area contributed by atoms with Crippen LogP contribution in [0.5, 0.6) is 0 Å². The molecule has 2 unspecified atom stereocenters. The van der Waals surface area contributed by atoms with Gasteiger partial charge in [0.05, 0.1) is 31.2 Å². The summed E-state index contributed by atoms with van der Waals surface area (Å²) in [6, 6.07) is 0. The van der Waals surface area contributed by atoms with Gasteiger partial charge in [-0.25, -0.2) is 0 Å². The van der Waals surface area contributed by atoms with Gasteiger partial charge in [-0.05, 0) is 19.8 Å². The smallest absolute Gasteiger partial charge is 0.204 e. The van der Waals surface area contributed by atoms with E-state index in [4.69, 9.17) is 23.7 Å². The first-order chi connectivity index (χ1) is 13.6. The molecule has 1 saturated heterocycles. The lowest BCUT2D eigenvalue weighted by molar-refractivity contribution is -0.260. The van der Waals surface area contributed by atoms with E-state index in [0.29, 0.717) is 13.2 Å². The van der Waals surface area contributed by atoms with Crippen molar-refractivity contribution in [2.45, 2.75) is 97.2 Å². The minimum Gasteiger partial charge on any atom is -0.472 e. The van der Waals surface area contributed by atoms with E-state index in [1.807, 2.05) is 20.1 Å². The summed E-state index contributed by atoms with van der Waals surface area (Å²) in [5.41, 5.74) is 0. The first-order valence-corrected chi connectivity index (χ1v) is 11.1. The Morgan fingerprint density at radius 1 is 1.00 bits per heavy atom. The Labute approximate surface area is 173 Å². The van der Waals surface area contributed by atoms with Gasteiger partial charge in [-0.3, -0.25) is 0 Å². The maximum atomic E-state index is 6.35. The Kier molecular flexibility index (Phi) is 13.8. The molecule has 1 aliphatic heterocycles. The molecule has 166 valence electrons. The molecule has 0 aromatic heterocycles. The average molecular weight is 401 g/mol. The summed E-state index contributed by atoms with van der Waals surface area (Å²) in [6.45, 7) is 9.74. The lowest BCUT2D eigenvalue weighted by Gasteiger charge is -2.43. The summed E-state index contributed by atoms with van der Waals surface area (Å²) in [7, 11) is 3.52. The zero-order valence-electron chi connectivity index (χ0n) is 19.0. The van der Waals surface area contributed by atoms with Crippen molar-refractivity contribution in [3.8, 4) is 0 Å². The van der Waals surface area contributed by atoms with E-state index in [1.54, 1.807) is 13.4 Å². The second kappa shape index (κ2) is 15.3. The minimum absolute atomic E-state index is 0.0294. The Balaban J connectivity index is 2.50. The van der Waals surface area contributed by atoms with Crippen LogP contribution in [0.3, 0.4) is 0 Å². The van der Waals surface area contributed by atoms with Crippen LogP contribution in [-0.2, 0) is 23.7 Å². The quantitative estimate of drug-likeness (QED) is 0.275. The van der Waals surface area contributed by atoms with Gasteiger partial charge in [0.1, 0.15) is 0 Å². The molecule has 1 aliphatic rings. The standard InChI is InChI=1S/C23H44O5/c1-7-9-10-11-12-13-20(25-6)14-16-26-22-18(3)21(17-24-5)28-23(19(22)4)27-15-8-2/h8,15,18-23H,7,9-14,16-17H2,1-6H3/b15-8-/t18-,19-,20-,21?,22?,23+/m1/s1. The molecule has 0 amide bonds. The zero-order valence-corrected chi connectivity index (χ0v) is 19.0. The second-order valence-electron chi connectivity index (χ2n) is 8.01. The van der Waals surface area contributed by atoms with Crippen molar-refractivity contribution in [1.82, 2.24) is 0 Å². The molecule has 0 aromatic carbocycles. The van der Waals surface area contributed by atoms with Crippen LogP contribution in [0.2, 0.25) is 0 Å². The highest BCUT2D eigenvalue weighted by Crippen LogP contribution is 2.33. The van der Waals surface area contributed by atoms with Crippen LogP contribution in [0.1, 0.15) is 72.6 Å². The van der Waals surface area contributed by atoms with E-state index in [1.165, 1.54) is 32.1 Å². The van der Waals surface area contributed by atoms with Gasteiger partial charge in [0, 0.05) is 32.7 Å². The maximum Gasteiger partial charge on any atom is 0.204 e. The average Bonchev–Trinajstić information content (AvgIpc) is 2.70. The monoisotopic (exact) mass is 400 g/mol. The largest absolute Gasteiger partial charge is 0.472 e. The molecule has 28 heavy (non-hydrogen) atoms. The van der Waals surface area contributed by atoms with Crippen molar-refractivity contribution >= 4 is 0 Å².